The molecule has 0 aliphatic carbocycles. The van der Waals surface area contributed by atoms with Crippen LogP contribution in [0.25, 0.3) is 0 Å². The highest BCUT2D eigenvalue weighted by Crippen LogP contribution is 2.41. The molecule has 0 bridgehead atoms. The first kappa shape index (κ1) is 18.9. The Bertz CT molecular complexity index is 499. The number of hydrogen-bond donors (Lipinski definition) is 1. The molecule has 1 aliphatic rings. The van der Waals surface area contributed by atoms with E-state index in [2.05, 4.69) is 19.2 Å². The van der Waals surface area contributed by atoms with Crippen LogP contribution in [0.4, 0.5) is 0 Å². The first-order chi connectivity index (χ1) is 9.49. The van der Waals surface area contributed by atoms with E-state index in [1.54, 1.807) is 17.8 Å². The Balaban J connectivity index is 0.00000220. The summed E-state index contributed by atoms with van der Waals surface area (Å²) >= 11 is 13.8. The van der Waals surface area contributed by atoms with E-state index in [-0.39, 0.29) is 23.7 Å². The molecule has 1 aromatic carbocycles. The summed E-state index contributed by atoms with van der Waals surface area (Å²) in [7, 11) is 0. The van der Waals surface area contributed by atoms with Crippen molar-refractivity contribution in [3.63, 3.8) is 0 Å². The molecule has 7 heteroatoms. The molecular formula is C14H19Cl3N2OS. The summed E-state index contributed by atoms with van der Waals surface area (Å²) in [5, 5.41) is 4.55. The number of thioether (sulfide) groups is 1. The third-order valence-electron chi connectivity index (χ3n) is 3.10. The number of benzene rings is 1. The average Bonchev–Trinajstić information content (AvgIpc) is 2.71. The Morgan fingerprint density at radius 3 is 2.76 bits per heavy atom. The van der Waals surface area contributed by atoms with Crippen LogP contribution in [-0.4, -0.2) is 35.7 Å². The van der Waals surface area contributed by atoms with E-state index >= 15 is 0 Å². The maximum atomic E-state index is 12.0. The summed E-state index contributed by atoms with van der Waals surface area (Å²) in [5.41, 5.74) is 0.955. The molecule has 1 unspecified atom stereocenters. The van der Waals surface area contributed by atoms with Crippen molar-refractivity contribution in [3.8, 4) is 0 Å². The van der Waals surface area contributed by atoms with Crippen LogP contribution in [0.3, 0.4) is 0 Å². The van der Waals surface area contributed by atoms with Crippen LogP contribution < -0.4 is 5.32 Å². The summed E-state index contributed by atoms with van der Waals surface area (Å²) in [6.45, 7) is 5.65. The third kappa shape index (κ3) is 4.93. The van der Waals surface area contributed by atoms with E-state index in [0.29, 0.717) is 28.4 Å². The van der Waals surface area contributed by atoms with Crippen molar-refractivity contribution in [3.05, 3.63) is 33.8 Å². The fraction of sp³-hybridized carbons (Fsp3) is 0.500. The molecule has 21 heavy (non-hydrogen) atoms. The molecule has 0 radical (unpaired) electrons. The second kappa shape index (κ2) is 8.49. The molecule has 118 valence electrons. The lowest BCUT2D eigenvalue weighted by atomic mass is 10.2. The Kier molecular flexibility index (Phi) is 7.65. The predicted octanol–water partition coefficient (Wildman–Crippen LogP) is 3.99. The van der Waals surface area contributed by atoms with Crippen LogP contribution in [0, 0.1) is 0 Å². The van der Waals surface area contributed by atoms with Gasteiger partial charge >= 0.3 is 0 Å². The van der Waals surface area contributed by atoms with Crippen molar-refractivity contribution < 1.29 is 4.79 Å². The number of carbonyl (C=O) groups excluding carboxylic acids is 1. The quantitative estimate of drug-likeness (QED) is 0.852. The monoisotopic (exact) mass is 368 g/mol. The zero-order valence-electron chi connectivity index (χ0n) is 11.9. The van der Waals surface area contributed by atoms with Gasteiger partial charge < -0.3 is 10.2 Å². The minimum absolute atomic E-state index is 0. The standard InChI is InChI=1S/C14H18Cl2N2OS.ClH/c1-9(2)17-5-6-18-13(19)8-20-14(18)11-4-3-10(15)7-12(11)16;/h3-4,7,9,14,17H,5-6,8H2,1-2H3;1H. The number of nitrogens with one attached hydrogen (secondary N) is 1. The summed E-state index contributed by atoms with van der Waals surface area (Å²) in [4.78, 5) is 13.9. The van der Waals surface area contributed by atoms with Crippen molar-refractivity contribution in [1.29, 1.82) is 0 Å². The summed E-state index contributed by atoms with van der Waals surface area (Å²) in [5.74, 6) is 0.669. The SMILES string of the molecule is CC(C)NCCN1C(=O)CSC1c1ccc(Cl)cc1Cl.Cl. The number of rotatable bonds is 5. The highest BCUT2D eigenvalue weighted by molar-refractivity contribution is 8.00. The Morgan fingerprint density at radius 1 is 1.43 bits per heavy atom. The van der Waals surface area contributed by atoms with Gasteiger partial charge in [-0.15, -0.1) is 24.2 Å². The number of nitrogens with zero attached hydrogens (tertiary/aromatic N) is 1. The molecule has 0 aromatic heterocycles. The second-order valence-electron chi connectivity index (χ2n) is 5.03. The molecule has 3 nitrogen and oxygen atoms in total. The van der Waals surface area contributed by atoms with Gasteiger partial charge in [0.15, 0.2) is 0 Å². The summed E-state index contributed by atoms with van der Waals surface area (Å²) in [6.07, 6.45) is 0. The van der Waals surface area contributed by atoms with Crippen molar-refractivity contribution in [1.82, 2.24) is 10.2 Å². The number of halogens is 3. The highest BCUT2D eigenvalue weighted by Gasteiger charge is 2.33. The van der Waals surface area contributed by atoms with Gasteiger partial charge in [-0.3, -0.25) is 4.79 Å². The van der Waals surface area contributed by atoms with Gasteiger partial charge in [-0.05, 0) is 12.1 Å². The van der Waals surface area contributed by atoms with Gasteiger partial charge in [0.05, 0.1) is 5.75 Å². The maximum Gasteiger partial charge on any atom is 0.233 e. The topological polar surface area (TPSA) is 32.3 Å². The van der Waals surface area contributed by atoms with E-state index in [4.69, 9.17) is 23.2 Å². The Labute approximate surface area is 146 Å². The first-order valence-corrected chi connectivity index (χ1v) is 8.39. The van der Waals surface area contributed by atoms with Gasteiger partial charge in [0, 0.05) is 34.7 Å². The van der Waals surface area contributed by atoms with Gasteiger partial charge in [0.1, 0.15) is 5.37 Å². The lowest BCUT2D eigenvalue weighted by Crippen LogP contribution is -2.37. The van der Waals surface area contributed by atoms with Gasteiger partial charge in [-0.25, -0.2) is 0 Å². The van der Waals surface area contributed by atoms with E-state index in [9.17, 15) is 4.79 Å². The molecule has 0 spiro atoms. The van der Waals surface area contributed by atoms with E-state index in [0.717, 1.165) is 12.1 Å². The van der Waals surface area contributed by atoms with Crippen LogP contribution >= 0.6 is 47.4 Å². The van der Waals surface area contributed by atoms with Crippen LogP contribution in [0.1, 0.15) is 24.8 Å². The minimum Gasteiger partial charge on any atom is -0.325 e. The zero-order chi connectivity index (χ0) is 14.7. The minimum atomic E-state index is -0.0128. The van der Waals surface area contributed by atoms with Gasteiger partial charge in [0.25, 0.3) is 0 Å². The molecule has 1 saturated heterocycles. The number of carbonyl (C=O) groups is 1. The third-order valence-corrected chi connectivity index (χ3v) is 4.90. The second-order valence-corrected chi connectivity index (χ2v) is 6.94. The van der Waals surface area contributed by atoms with E-state index in [1.165, 1.54) is 0 Å². The Morgan fingerprint density at radius 2 is 2.14 bits per heavy atom. The number of hydrogen-bond acceptors (Lipinski definition) is 3. The van der Waals surface area contributed by atoms with E-state index < -0.39 is 0 Å². The lowest BCUT2D eigenvalue weighted by molar-refractivity contribution is -0.128. The molecule has 1 heterocycles. The molecule has 1 aromatic rings. The molecule has 0 saturated carbocycles. The molecular weight excluding hydrogens is 351 g/mol. The highest BCUT2D eigenvalue weighted by atomic mass is 35.5. The summed E-state index contributed by atoms with van der Waals surface area (Å²) < 4.78 is 0. The smallest absolute Gasteiger partial charge is 0.233 e. The van der Waals surface area contributed by atoms with Crippen molar-refractivity contribution in [2.75, 3.05) is 18.8 Å². The number of amides is 1. The zero-order valence-corrected chi connectivity index (χ0v) is 15.1. The van der Waals surface area contributed by atoms with Crippen molar-refractivity contribution in [2.45, 2.75) is 25.3 Å². The molecule has 1 atom stereocenters. The van der Waals surface area contributed by atoms with Crippen LogP contribution in [0.15, 0.2) is 18.2 Å². The van der Waals surface area contributed by atoms with Crippen LogP contribution in [0.5, 0.6) is 0 Å². The van der Waals surface area contributed by atoms with Gasteiger partial charge in [-0.1, -0.05) is 43.1 Å². The lowest BCUT2D eigenvalue weighted by Gasteiger charge is -2.25. The van der Waals surface area contributed by atoms with Gasteiger partial charge in [0.2, 0.25) is 5.91 Å². The normalized spacial score (nSPS) is 18.2. The first-order valence-electron chi connectivity index (χ1n) is 6.58. The molecule has 2 rings (SSSR count). The van der Waals surface area contributed by atoms with Crippen molar-refractivity contribution in [2.24, 2.45) is 0 Å². The summed E-state index contributed by atoms with van der Waals surface area (Å²) in [6, 6.07) is 5.87. The average molecular weight is 370 g/mol. The largest absolute Gasteiger partial charge is 0.325 e. The van der Waals surface area contributed by atoms with Crippen molar-refractivity contribution >= 4 is 53.3 Å². The fourth-order valence-corrected chi connectivity index (χ4v) is 3.96. The molecule has 1 amide bonds. The van der Waals surface area contributed by atoms with Crippen LogP contribution in [0.2, 0.25) is 10.0 Å². The van der Waals surface area contributed by atoms with Gasteiger partial charge in [-0.2, -0.15) is 0 Å². The maximum absolute atomic E-state index is 12.0. The van der Waals surface area contributed by atoms with Crippen LogP contribution in [-0.2, 0) is 4.79 Å². The Hall–Kier alpha value is -0.130. The molecule has 1 fully saturated rings. The molecule has 1 N–H and O–H groups in total. The molecule has 1 aliphatic heterocycles. The predicted molar refractivity (Wildman–Crippen MR) is 93.8 cm³/mol. The van der Waals surface area contributed by atoms with E-state index in [1.807, 2.05) is 17.0 Å². The fourth-order valence-electron chi connectivity index (χ4n) is 2.13.